The third kappa shape index (κ3) is 3.81. The molecular weight excluding hydrogens is 418 g/mol. The fourth-order valence-electron chi connectivity index (χ4n) is 2.44. The Labute approximate surface area is 164 Å². The first-order chi connectivity index (χ1) is 12.4. The number of aryl methyl sites for hydroxylation is 1. The molecule has 0 bridgehead atoms. The Hall–Kier alpha value is -2.18. The number of carbonyl (C=O) groups is 1. The highest BCUT2D eigenvalue weighted by Gasteiger charge is 2.19. The van der Waals surface area contributed by atoms with E-state index in [4.69, 9.17) is 16.1 Å². The van der Waals surface area contributed by atoms with Gasteiger partial charge in [0.1, 0.15) is 0 Å². The van der Waals surface area contributed by atoms with Crippen LogP contribution in [0.2, 0.25) is 5.02 Å². The van der Waals surface area contributed by atoms with E-state index in [1.165, 1.54) is 0 Å². The number of amides is 1. The topological polar surface area (TPSA) is 68.0 Å². The second-order valence-electron chi connectivity index (χ2n) is 6.19. The molecule has 3 aromatic rings. The van der Waals surface area contributed by atoms with Crippen molar-refractivity contribution in [3.63, 3.8) is 0 Å². The van der Waals surface area contributed by atoms with Gasteiger partial charge in [-0.3, -0.25) is 4.79 Å². The Morgan fingerprint density at radius 1 is 1.27 bits per heavy atom. The molecule has 0 saturated carbocycles. The van der Waals surface area contributed by atoms with Gasteiger partial charge in [0, 0.05) is 10.4 Å². The number of hydrogen-bond acceptors (Lipinski definition) is 4. The summed E-state index contributed by atoms with van der Waals surface area (Å²) in [6.45, 7) is 5.88. The summed E-state index contributed by atoms with van der Waals surface area (Å²) in [4.78, 5) is 17.2. The molecule has 1 heterocycles. The zero-order chi connectivity index (χ0) is 18.8. The quantitative estimate of drug-likeness (QED) is 0.560. The number of hydrogen-bond donors (Lipinski definition) is 1. The number of aromatic nitrogens is 2. The van der Waals surface area contributed by atoms with Crippen molar-refractivity contribution in [1.29, 1.82) is 0 Å². The second kappa shape index (κ2) is 7.60. The minimum absolute atomic E-state index is 0.149. The number of benzene rings is 2. The Balaban J connectivity index is 1.99. The van der Waals surface area contributed by atoms with E-state index in [0.717, 1.165) is 10.0 Å². The van der Waals surface area contributed by atoms with Crippen LogP contribution < -0.4 is 5.32 Å². The van der Waals surface area contributed by atoms with Crippen LogP contribution in [0.4, 0.5) is 5.69 Å². The first-order valence-electron chi connectivity index (χ1n) is 8.07. The summed E-state index contributed by atoms with van der Waals surface area (Å²) in [5.74, 6) is 0.827. The lowest BCUT2D eigenvalue weighted by Gasteiger charge is -2.12. The Bertz CT molecular complexity index is 969. The van der Waals surface area contributed by atoms with Gasteiger partial charge >= 0.3 is 0 Å². The van der Waals surface area contributed by atoms with Crippen molar-refractivity contribution in [3.8, 4) is 11.5 Å². The molecule has 0 aliphatic heterocycles. The maximum atomic E-state index is 12.8. The van der Waals surface area contributed by atoms with Gasteiger partial charge < -0.3 is 9.84 Å². The maximum absolute atomic E-state index is 12.8. The van der Waals surface area contributed by atoms with Crippen molar-refractivity contribution in [2.24, 2.45) is 0 Å². The highest BCUT2D eigenvalue weighted by Crippen LogP contribution is 2.31. The molecule has 5 nitrogen and oxygen atoms in total. The SMILES string of the molecule is Cc1cccc(-c2nc(C(C)C)no2)c1NC(=O)c1cc(Br)ccc1Cl. The smallest absolute Gasteiger partial charge is 0.260 e. The van der Waals surface area contributed by atoms with Gasteiger partial charge in [0.25, 0.3) is 11.8 Å². The van der Waals surface area contributed by atoms with Crippen LogP contribution >= 0.6 is 27.5 Å². The Morgan fingerprint density at radius 2 is 2.04 bits per heavy atom. The molecule has 0 aliphatic rings. The van der Waals surface area contributed by atoms with Crippen molar-refractivity contribution in [2.45, 2.75) is 26.7 Å². The van der Waals surface area contributed by atoms with Crippen LogP contribution in [-0.2, 0) is 0 Å². The Kier molecular flexibility index (Phi) is 5.44. The second-order valence-corrected chi connectivity index (χ2v) is 7.51. The van der Waals surface area contributed by atoms with E-state index in [-0.39, 0.29) is 11.8 Å². The van der Waals surface area contributed by atoms with E-state index in [2.05, 4.69) is 31.4 Å². The summed E-state index contributed by atoms with van der Waals surface area (Å²) in [5.41, 5.74) is 2.55. The van der Waals surface area contributed by atoms with E-state index in [0.29, 0.717) is 33.6 Å². The summed E-state index contributed by atoms with van der Waals surface area (Å²) in [6, 6.07) is 10.8. The minimum atomic E-state index is -0.310. The largest absolute Gasteiger partial charge is 0.334 e. The van der Waals surface area contributed by atoms with E-state index in [1.807, 2.05) is 39.0 Å². The number of carbonyl (C=O) groups excluding carboxylic acids is 1. The fraction of sp³-hybridized carbons (Fsp3) is 0.211. The van der Waals surface area contributed by atoms with E-state index in [1.54, 1.807) is 18.2 Å². The first kappa shape index (κ1) is 18.6. The molecule has 1 aromatic heterocycles. The van der Waals surface area contributed by atoms with Gasteiger partial charge in [-0.1, -0.05) is 58.7 Å². The molecule has 0 spiro atoms. The van der Waals surface area contributed by atoms with Crippen molar-refractivity contribution < 1.29 is 9.32 Å². The van der Waals surface area contributed by atoms with Crippen LogP contribution in [0.5, 0.6) is 0 Å². The molecule has 0 aliphatic carbocycles. The lowest BCUT2D eigenvalue weighted by molar-refractivity contribution is 0.102. The van der Waals surface area contributed by atoms with Gasteiger partial charge in [-0.05, 0) is 36.8 Å². The third-order valence-electron chi connectivity index (χ3n) is 3.87. The van der Waals surface area contributed by atoms with Gasteiger partial charge in [0.2, 0.25) is 0 Å². The van der Waals surface area contributed by atoms with E-state index < -0.39 is 0 Å². The molecular formula is C19H17BrClN3O2. The molecule has 3 rings (SSSR count). The molecule has 0 saturated heterocycles. The lowest BCUT2D eigenvalue weighted by atomic mass is 10.1. The summed E-state index contributed by atoms with van der Waals surface area (Å²) >= 11 is 9.53. The summed E-state index contributed by atoms with van der Waals surface area (Å²) < 4.78 is 6.17. The van der Waals surface area contributed by atoms with Crippen molar-refractivity contribution >= 4 is 39.1 Å². The van der Waals surface area contributed by atoms with E-state index in [9.17, 15) is 4.79 Å². The highest BCUT2D eigenvalue weighted by atomic mass is 79.9. The van der Waals surface area contributed by atoms with Crippen molar-refractivity contribution in [2.75, 3.05) is 5.32 Å². The standard InChI is InChI=1S/C19H17BrClN3O2/c1-10(2)17-23-19(26-24-17)13-6-4-5-11(3)16(13)22-18(25)14-9-12(20)7-8-15(14)21/h4-10H,1-3H3,(H,22,25). The number of halogens is 2. The molecule has 1 amide bonds. The molecule has 0 fully saturated rings. The Morgan fingerprint density at radius 3 is 2.73 bits per heavy atom. The average Bonchev–Trinajstić information content (AvgIpc) is 3.09. The van der Waals surface area contributed by atoms with Crippen molar-refractivity contribution in [1.82, 2.24) is 10.1 Å². The number of nitrogens with one attached hydrogen (secondary N) is 1. The molecule has 0 atom stereocenters. The molecule has 26 heavy (non-hydrogen) atoms. The van der Waals surface area contributed by atoms with Gasteiger partial charge in [-0.2, -0.15) is 4.98 Å². The van der Waals surface area contributed by atoms with Gasteiger partial charge in [-0.25, -0.2) is 0 Å². The van der Waals surface area contributed by atoms with Crippen LogP contribution in [0.25, 0.3) is 11.5 Å². The molecule has 134 valence electrons. The first-order valence-corrected chi connectivity index (χ1v) is 9.24. The van der Waals surface area contributed by atoms with Crippen LogP contribution in [0, 0.1) is 6.92 Å². The summed E-state index contributed by atoms with van der Waals surface area (Å²) in [5, 5.41) is 7.30. The third-order valence-corrected chi connectivity index (χ3v) is 4.70. The predicted octanol–water partition coefficient (Wildman–Crippen LogP) is 5.84. The van der Waals surface area contributed by atoms with Gasteiger partial charge in [0.05, 0.1) is 21.8 Å². The number of anilines is 1. The summed E-state index contributed by atoms with van der Waals surface area (Å²) in [7, 11) is 0. The predicted molar refractivity (Wildman–Crippen MR) is 106 cm³/mol. The number of rotatable bonds is 4. The molecule has 2 aromatic carbocycles. The minimum Gasteiger partial charge on any atom is -0.334 e. The molecule has 0 radical (unpaired) electrons. The van der Waals surface area contributed by atoms with Gasteiger partial charge in [-0.15, -0.1) is 0 Å². The van der Waals surface area contributed by atoms with E-state index >= 15 is 0 Å². The zero-order valence-electron chi connectivity index (χ0n) is 14.5. The zero-order valence-corrected chi connectivity index (χ0v) is 16.9. The normalized spacial score (nSPS) is 11.0. The van der Waals surface area contributed by atoms with Crippen molar-refractivity contribution in [3.05, 3.63) is 62.8 Å². The molecule has 1 N–H and O–H groups in total. The lowest BCUT2D eigenvalue weighted by Crippen LogP contribution is -2.14. The average molecular weight is 435 g/mol. The van der Waals surface area contributed by atoms with Crippen LogP contribution in [0.1, 0.15) is 41.5 Å². The number of para-hydroxylation sites is 1. The highest BCUT2D eigenvalue weighted by molar-refractivity contribution is 9.10. The molecule has 7 heteroatoms. The molecule has 0 unspecified atom stereocenters. The fourth-order valence-corrected chi connectivity index (χ4v) is 3.01. The van der Waals surface area contributed by atoms with Crippen LogP contribution in [-0.4, -0.2) is 16.0 Å². The maximum Gasteiger partial charge on any atom is 0.260 e. The van der Waals surface area contributed by atoms with Gasteiger partial charge in [0.15, 0.2) is 5.82 Å². The van der Waals surface area contributed by atoms with Crippen LogP contribution in [0.3, 0.4) is 0 Å². The van der Waals surface area contributed by atoms with Crippen LogP contribution in [0.15, 0.2) is 45.4 Å². The summed E-state index contributed by atoms with van der Waals surface area (Å²) in [6.07, 6.45) is 0. The monoisotopic (exact) mass is 433 g/mol. The number of nitrogens with zero attached hydrogens (tertiary/aromatic N) is 2.